The summed E-state index contributed by atoms with van der Waals surface area (Å²) >= 11 is 6.27. The first-order valence-corrected chi connectivity index (χ1v) is 8.56. The third-order valence-corrected chi connectivity index (χ3v) is 4.32. The molecular formula is C18H30ClNO. The Kier molecular flexibility index (Phi) is 8.13. The van der Waals surface area contributed by atoms with E-state index in [2.05, 4.69) is 32.2 Å². The molecule has 1 rings (SSSR count). The van der Waals surface area contributed by atoms with E-state index in [1.807, 2.05) is 12.1 Å². The van der Waals surface area contributed by atoms with E-state index in [1.54, 1.807) is 7.11 Å². The normalized spacial score (nSPS) is 11.7. The van der Waals surface area contributed by atoms with Crippen LogP contribution in [-0.2, 0) is 5.41 Å². The highest BCUT2D eigenvalue weighted by atomic mass is 35.5. The molecule has 0 aromatic heterocycles. The third kappa shape index (κ3) is 4.89. The fraction of sp³-hybridized carbons (Fsp3) is 0.667. The van der Waals surface area contributed by atoms with Crippen molar-refractivity contribution < 1.29 is 4.74 Å². The van der Waals surface area contributed by atoms with E-state index in [4.69, 9.17) is 16.3 Å². The Balaban J connectivity index is 3.21. The van der Waals surface area contributed by atoms with Crippen LogP contribution in [0, 0.1) is 0 Å². The standard InChI is InChI=1S/C18H30ClNO/c1-5-10-18(11-6-2,14-20-12-7-3)16-13-15(19)8-9-17(16)21-4/h8-9,13,20H,5-7,10-12,14H2,1-4H3. The zero-order valence-electron chi connectivity index (χ0n) is 14.0. The van der Waals surface area contributed by atoms with Gasteiger partial charge in [0.1, 0.15) is 5.75 Å². The van der Waals surface area contributed by atoms with Crippen molar-refractivity contribution >= 4 is 11.6 Å². The van der Waals surface area contributed by atoms with Crippen molar-refractivity contribution in [3.05, 3.63) is 28.8 Å². The molecule has 0 saturated heterocycles. The van der Waals surface area contributed by atoms with Gasteiger partial charge in [0.25, 0.3) is 0 Å². The van der Waals surface area contributed by atoms with E-state index in [1.165, 1.54) is 5.56 Å². The second kappa shape index (κ2) is 9.32. The summed E-state index contributed by atoms with van der Waals surface area (Å²) in [5, 5.41) is 4.41. The molecule has 0 fully saturated rings. The Morgan fingerprint density at radius 3 is 2.29 bits per heavy atom. The Hall–Kier alpha value is -0.730. The summed E-state index contributed by atoms with van der Waals surface area (Å²) in [6.45, 7) is 8.74. The van der Waals surface area contributed by atoms with E-state index in [0.717, 1.165) is 56.0 Å². The van der Waals surface area contributed by atoms with E-state index >= 15 is 0 Å². The number of rotatable bonds is 10. The molecule has 0 aliphatic heterocycles. The molecule has 0 bridgehead atoms. The summed E-state index contributed by atoms with van der Waals surface area (Å²) in [7, 11) is 1.74. The van der Waals surface area contributed by atoms with Gasteiger partial charge in [-0.05, 0) is 44.0 Å². The molecule has 0 unspecified atom stereocenters. The molecule has 0 aliphatic carbocycles. The van der Waals surface area contributed by atoms with Gasteiger partial charge in [-0.25, -0.2) is 0 Å². The zero-order chi connectivity index (χ0) is 15.7. The van der Waals surface area contributed by atoms with Crippen molar-refractivity contribution in [2.45, 2.75) is 58.3 Å². The summed E-state index contributed by atoms with van der Waals surface area (Å²) in [5.74, 6) is 0.958. The molecule has 1 aromatic carbocycles. The molecular weight excluding hydrogens is 282 g/mol. The number of hydrogen-bond donors (Lipinski definition) is 1. The van der Waals surface area contributed by atoms with E-state index in [-0.39, 0.29) is 5.41 Å². The molecule has 0 heterocycles. The molecule has 0 aliphatic rings. The van der Waals surface area contributed by atoms with E-state index in [9.17, 15) is 0 Å². The van der Waals surface area contributed by atoms with E-state index < -0.39 is 0 Å². The zero-order valence-corrected chi connectivity index (χ0v) is 14.7. The lowest BCUT2D eigenvalue weighted by Crippen LogP contribution is -2.39. The highest BCUT2D eigenvalue weighted by Gasteiger charge is 2.33. The van der Waals surface area contributed by atoms with Gasteiger partial charge in [-0.1, -0.05) is 45.2 Å². The molecule has 120 valence electrons. The van der Waals surface area contributed by atoms with Crippen molar-refractivity contribution in [3.8, 4) is 5.75 Å². The van der Waals surface area contributed by atoms with Gasteiger partial charge >= 0.3 is 0 Å². The molecule has 2 nitrogen and oxygen atoms in total. The minimum atomic E-state index is 0.106. The number of ether oxygens (including phenoxy) is 1. The SMILES string of the molecule is CCCNCC(CCC)(CCC)c1cc(Cl)ccc1OC. The smallest absolute Gasteiger partial charge is 0.122 e. The van der Waals surface area contributed by atoms with Crippen molar-refractivity contribution in [1.82, 2.24) is 5.32 Å². The molecule has 1 N–H and O–H groups in total. The molecule has 1 aromatic rings. The first kappa shape index (κ1) is 18.3. The molecule has 0 radical (unpaired) electrons. The molecule has 0 atom stereocenters. The largest absolute Gasteiger partial charge is 0.496 e. The van der Waals surface area contributed by atoms with Gasteiger partial charge in [0.05, 0.1) is 7.11 Å². The van der Waals surface area contributed by atoms with Gasteiger partial charge in [0.15, 0.2) is 0 Å². The van der Waals surface area contributed by atoms with E-state index in [0.29, 0.717) is 0 Å². The number of hydrogen-bond acceptors (Lipinski definition) is 2. The van der Waals surface area contributed by atoms with Crippen LogP contribution in [0.25, 0.3) is 0 Å². The minimum Gasteiger partial charge on any atom is -0.496 e. The maximum absolute atomic E-state index is 6.27. The van der Waals surface area contributed by atoms with Crippen LogP contribution in [0.15, 0.2) is 18.2 Å². The fourth-order valence-electron chi connectivity index (χ4n) is 3.22. The number of methoxy groups -OCH3 is 1. The van der Waals surface area contributed by atoms with Gasteiger partial charge in [-0.15, -0.1) is 0 Å². The Morgan fingerprint density at radius 2 is 1.76 bits per heavy atom. The first-order chi connectivity index (χ1) is 10.1. The quantitative estimate of drug-likeness (QED) is 0.601. The second-order valence-corrected chi connectivity index (χ2v) is 6.24. The van der Waals surface area contributed by atoms with Crippen LogP contribution >= 0.6 is 11.6 Å². The highest BCUT2D eigenvalue weighted by molar-refractivity contribution is 6.30. The van der Waals surface area contributed by atoms with Crippen molar-refractivity contribution in [2.24, 2.45) is 0 Å². The Labute approximate surface area is 135 Å². The number of halogens is 1. The summed E-state index contributed by atoms with van der Waals surface area (Å²) in [5.41, 5.74) is 1.36. The maximum Gasteiger partial charge on any atom is 0.122 e. The maximum atomic E-state index is 6.27. The van der Waals surface area contributed by atoms with Gasteiger partial charge in [-0.2, -0.15) is 0 Å². The summed E-state index contributed by atoms with van der Waals surface area (Å²) in [6, 6.07) is 6.00. The predicted molar refractivity (Wildman–Crippen MR) is 92.7 cm³/mol. The van der Waals surface area contributed by atoms with Gasteiger partial charge in [0, 0.05) is 22.5 Å². The fourth-order valence-corrected chi connectivity index (χ4v) is 3.39. The van der Waals surface area contributed by atoms with Crippen LogP contribution in [0.3, 0.4) is 0 Å². The third-order valence-electron chi connectivity index (χ3n) is 4.08. The predicted octanol–water partition coefficient (Wildman–Crippen LogP) is 5.19. The Bertz CT molecular complexity index is 414. The van der Waals surface area contributed by atoms with Crippen LogP contribution in [-0.4, -0.2) is 20.2 Å². The van der Waals surface area contributed by atoms with Crippen LogP contribution in [0.4, 0.5) is 0 Å². The Morgan fingerprint density at radius 1 is 1.10 bits per heavy atom. The highest BCUT2D eigenvalue weighted by Crippen LogP contribution is 2.40. The molecule has 3 heteroatoms. The molecule has 0 spiro atoms. The lowest BCUT2D eigenvalue weighted by atomic mass is 9.73. The van der Waals surface area contributed by atoms with Crippen LogP contribution in [0.2, 0.25) is 5.02 Å². The average molecular weight is 312 g/mol. The van der Waals surface area contributed by atoms with Crippen molar-refractivity contribution in [3.63, 3.8) is 0 Å². The lowest BCUT2D eigenvalue weighted by molar-refractivity contribution is 0.316. The molecule has 0 saturated carbocycles. The molecule has 21 heavy (non-hydrogen) atoms. The summed E-state index contributed by atoms with van der Waals surface area (Å²) in [4.78, 5) is 0. The van der Waals surface area contributed by atoms with Crippen molar-refractivity contribution in [2.75, 3.05) is 20.2 Å². The van der Waals surface area contributed by atoms with Crippen LogP contribution in [0.5, 0.6) is 5.75 Å². The number of benzene rings is 1. The summed E-state index contributed by atoms with van der Waals surface area (Å²) < 4.78 is 5.62. The van der Waals surface area contributed by atoms with Gasteiger partial charge in [-0.3, -0.25) is 0 Å². The number of nitrogens with one attached hydrogen (secondary N) is 1. The summed E-state index contributed by atoms with van der Waals surface area (Å²) in [6.07, 6.45) is 5.76. The lowest BCUT2D eigenvalue weighted by Gasteiger charge is -2.36. The first-order valence-electron chi connectivity index (χ1n) is 8.18. The average Bonchev–Trinajstić information content (AvgIpc) is 2.48. The topological polar surface area (TPSA) is 21.3 Å². The van der Waals surface area contributed by atoms with Crippen molar-refractivity contribution in [1.29, 1.82) is 0 Å². The van der Waals surface area contributed by atoms with Gasteiger partial charge in [0.2, 0.25) is 0 Å². The second-order valence-electron chi connectivity index (χ2n) is 5.80. The molecule has 0 amide bonds. The van der Waals surface area contributed by atoms with Crippen LogP contribution in [0.1, 0.15) is 58.4 Å². The van der Waals surface area contributed by atoms with Crippen LogP contribution < -0.4 is 10.1 Å². The monoisotopic (exact) mass is 311 g/mol. The minimum absolute atomic E-state index is 0.106. The van der Waals surface area contributed by atoms with Gasteiger partial charge < -0.3 is 10.1 Å².